The molecule has 1 aliphatic rings. The van der Waals surface area contributed by atoms with Crippen LogP contribution in [0.4, 0.5) is 22.2 Å². The fourth-order valence-corrected chi connectivity index (χ4v) is 4.53. The van der Waals surface area contributed by atoms with Crippen LogP contribution in [0.2, 0.25) is 0 Å². The second-order valence-corrected chi connectivity index (χ2v) is 10.1. The lowest BCUT2D eigenvalue weighted by Crippen LogP contribution is -2.53. The minimum absolute atomic E-state index is 0.0231. The van der Waals surface area contributed by atoms with Gasteiger partial charge in [-0.1, -0.05) is 6.07 Å². The summed E-state index contributed by atoms with van der Waals surface area (Å²) < 4.78 is 17.2. The molecule has 36 heavy (non-hydrogen) atoms. The van der Waals surface area contributed by atoms with E-state index in [2.05, 4.69) is 31.1 Å². The maximum Gasteiger partial charge on any atom is 0.408 e. The minimum atomic E-state index is -0.625. The molecule has 11 nitrogen and oxygen atoms in total. The summed E-state index contributed by atoms with van der Waals surface area (Å²) in [5.41, 5.74) is 0.135. The SMILES string of the molecule is CCOC(=O)c1nnc(N[C@@H]2CCOC[C@@H]2NC(=O)OC(C)(C)C)nc1Nc1cccc2sccc12. The largest absolute Gasteiger partial charge is 0.461 e. The fourth-order valence-electron chi connectivity index (χ4n) is 3.72. The summed E-state index contributed by atoms with van der Waals surface area (Å²) in [7, 11) is 0. The molecule has 1 aliphatic heterocycles. The molecule has 3 N–H and O–H groups in total. The smallest absolute Gasteiger partial charge is 0.408 e. The van der Waals surface area contributed by atoms with Gasteiger partial charge in [-0.25, -0.2) is 9.59 Å². The van der Waals surface area contributed by atoms with Gasteiger partial charge in [-0.2, -0.15) is 4.98 Å². The van der Waals surface area contributed by atoms with E-state index in [4.69, 9.17) is 14.2 Å². The lowest BCUT2D eigenvalue weighted by atomic mass is 10.0. The highest BCUT2D eigenvalue weighted by Gasteiger charge is 2.30. The van der Waals surface area contributed by atoms with Gasteiger partial charge < -0.3 is 30.2 Å². The Labute approximate surface area is 212 Å². The van der Waals surface area contributed by atoms with Crippen LogP contribution in [0.1, 0.15) is 44.6 Å². The van der Waals surface area contributed by atoms with E-state index in [0.717, 1.165) is 15.8 Å². The third-order valence-corrected chi connectivity index (χ3v) is 6.16. The predicted molar refractivity (Wildman–Crippen MR) is 137 cm³/mol. The average molecular weight is 515 g/mol. The van der Waals surface area contributed by atoms with Crippen LogP contribution >= 0.6 is 11.3 Å². The molecular formula is C24H30N6O5S. The van der Waals surface area contributed by atoms with Crippen molar-refractivity contribution in [2.24, 2.45) is 0 Å². The van der Waals surface area contributed by atoms with Crippen LogP contribution in [0.3, 0.4) is 0 Å². The van der Waals surface area contributed by atoms with Crippen LogP contribution in [0.5, 0.6) is 0 Å². The summed E-state index contributed by atoms with van der Waals surface area (Å²) in [6.45, 7) is 8.12. The van der Waals surface area contributed by atoms with Crippen molar-refractivity contribution < 1.29 is 23.8 Å². The lowest BCUT2D eigenvalue weighted by Gasteiger charge is -2.33. The van der Waals surface area contributed by atoms with E-state index in [1.807, 2.05) is 29.6 Å². The summed E-state index contributed by atoms with van der Waals surface area (Å²) >= 11 is 1.62. The average Bonchev–Trinajstić information content (AvgIpc) is 3.29. The Bertz CT molecular complexity index is 1230. The van der Waals surface area contributed by atoms with Gasteiger partial charge in [0.1, 0.15) is 5.60 Å². The van der Waals surface area contributed by atoms with Gasteiger partial charge in [0.15, 0.2) is 5.82 Å². The molecule has 192 valence electrons. The van der Waals surface area contributed by atoms with Gasteiger partial charge in [0.2, 0.25) is 11.6 Å². The van der Waals surface area contributed by atoms with Crippen molar-refractivity contribution in [2.45, 2.75) is 51.8 Å². The Kier molecular flexibility index (Phi) is 7.85. The molecule has 0 radical (unpaired) electrons. The number of carbonyl (C=O) groups excluding carboxylic acids is 2. The van der Waals surface area contributed by atoms with Crippen molar-refractivity contribution in [1.82, 2.24) is 20.5 Å². The van der Waals surface area contributed by atoms with Gasteiger partial charge in [0, 0.05) is 22.4 Å². The third-order valence-electron chi connectivity index (χ3n) is 5.28. The molecule has 3 heterocycles. The first-order valence-electron chi connectivity index (χ1n) is 11.7. The highest BCUT2D eigenvalue weighted by molar-refractivity contribution is 7.17. The number of carbonyl (C=O) groups is 2. The Morgan fingerprint density at radius 1 is 1.19 bits per heavy atom. The van der Waals surface area contributed by atoms with Crippen molar-refractivity contribution >= 4 is 50.9 Å². The van der Waals surface area contributed by atoms with E-state index in [1.54, 1.807) is 39.0 Å². The standard InChI is InChI=1S/C24H30N6O5S/c1-5-34-21(31)19-20(25-15-7-6-8-18-14(15)10-12-36-18)28-22(30-29-19)26-16-9-11-33-13-17(16)27-23(32)35-24(2,3)4/h6-8,10,12,16-17H,5,9,11,13H2,1-4H3,(H,27,32)(H2,25,26,28,30)/t16-,17+/m1/s1. The Morgan fingerprint density at radius 2 is 2.03 bits per heavy atom. The Balaban J connectivity index is 1.58. The maximum absolute atomic E-state index is 12.6. The molecule has 0 bridgehead atoms. The van der Waals surface area contributed by atoms with Crippen molar-refractivity contribution in [1.29, 1.82) is 0 Å². The van der Waals surface area contributed by atoms with Gasteiger partial charge in [0.05, 0.1) is 25.3 Å². The first-order chi connectivity index (χ1) is 17.2. The maximum atomic E-state index is 12.6. The molecule has 2 aromatic heterocycles. The topological polar surface area (TPSA) is 137 Å². The number of benzene rings is 1. The van der Waals surface area contributed by atoms with Crippen LogP contribution < -0.4 is 16.0 Å². The number of nitrogens with one attached hydrogen (secondary N) is 3. The van der Waals surface area contributed by atoms with Crippen LogP contribution in [0, 0.1) is 0 Å². The second-order valence-electron chi connectivity index (χ2n) is 9.18. The number of thiophene rings is 1. The zero-order valence-electron chi connectivity index (χ0n) is 20.7. The molecule has 1 amide bonds. The van der Waals surface area contributed by atoms with E-state index in [1.165, 1.54) is 0 Å². The molecular weight excluding hydrogens is 484 g/mol. The van der Waals surface area contributed by atoms with E-state index >= 15 is 0 Å². The van der Waals surface area contributed by atoms with Gasteiger partial charge >= 0.3 is 12.1 Å². The summed E-state index contributed by atoms with van der Waals surface area (Å²) in [5, 5.41) is 20.5. The molecule has 0 spiro atoms. The molecule has 0 aliphatic carbocycles. The monoisotopic (exact) mass is 514 g/mol. The first-order valence-corrected chi connectivity index (χ1v) is 12.6. The van der Waals surface area contributed by atoms with E-state index in [9.17, 15) is 9.59 Å². The molecule has 1 fully saturated rings. The fraction of sp³-hybridized carbons (Fsp3) is 0.458. The minimum Gasteiger partial charge on any atom is -0.461 e. The number of hydrogen-bond acceptors (Lipinski definition) is 11. The van der Waals surface area contributed by atoms with Gasteiger partial charge in [-0.15, -0.1) is 21.5 Å². The van der Waals surface area contributed by atoms with Gasteiger partial charge in [-0.05, 0) is 57.7 Å². The number of ether oxygens (including phenoxy) is 3. The highest BCUT2D eigenvalue weighted by Crippen LogP contribution is 2.30. The molecule has 4 rings (SSSR count). The van der Waals surface area contributed by atoms with Crippen molar-refractivity contribution in [3.8, 4) is 0 Å². The number of hydrogen-bond donors (Lipinski definition) is 3. The summed E-state index contributed by atoms with van der Waals surface area (Å²) in [6, 6.07) is 7.22. The number of esters is 1. The molecule has 1 saturated heterocycles. The lowest BCUT2D eigenvalue weighted by molar-refractivity contribution is 0.0317. The first kappa shape index (κ1) is 25.6. The summed E-state index contributed by atoms with van der Waals surface area (Å²) in [6.07, 6.45) is 0.0631. The van der Waals surface area contributed by atoms with Gasteiger partial charge in [-0.3, -0.25) is 0 Å². The quantitative estimate of drug-likeness (QED) is 0.395. The van der Waals surface area contributed by atoms with Gasteiger partial charge in [0.25, 0.3) is 0 Å². The van der Waals surface area contributed by atoms with Crippen LogP contribution in [-0.2, 0) is 14.2 Å². The second kappa shape index (κ2) is 11.0. The van der Waals surface area contributed by atoms with Crippen molar-refractivity contribution in [3.05, 3.63) is 35.3 Å². The van der Waals surface area contributed by atoms with E-state index in [-0.39, 0.29) is 36.2 Å². The number of aromatic nitrogens is 3. The van der Waals surface area contributed by atoms with Crippen LogP contribution in [0.25, 0.3) is 10.1 Å². The number of anilines is 3. The molecule has 1 aromatic carbocycles. The molecule has 12 heteroatoms. The normalized spacial score (nSPS) is 17.9. The molecule has 3 aromatic rings. The van der Waals surface area contributed by atoms with Crippen molar-refractivity contribution in [3.63, 3.8) is 0 Å². The van der Waals surface area contributed by atoms with E-state index in [0.29, 0.717) is 19.6 Å². The van der Waals surface area contributed by atoms with Crippen molar-refractivity contribution in [2.75, 3.05) is 30.5 Å². The van der Waals surface area contributed by atoms with Crippen LogP contribution in [-0.4, -0.2) is 64.7 Å². The zero-order chi connectivity index (χ0) is 25.7. The molecule has 2 atom stereocenters. The molecule has 0 saturated carbocycles. The summed E-state index contributed by atoms with van der Waals surface area (Å²) in [5.74, 6) is -0.209. The van der Waals surface area contributed by atoms with E-state index < -0.39 is 17.7 Å². The Morgan fingerprint density at radius 3 is 2.81 bits per heavy atom. The number of alkyl carbamates (subject to hydrolysis) is 1. The molecule has 0 unspecified atom stereocenters. The van der Waals surface area contributed by atoms with Crippen LogP contribution in [0.15, 0.2) is 29.6 Å². The Hall–Kier alpha value is -3.51. The number of amides is 1. The zero-order valence-corrected chi connectivity index (χ0v) is 21.5. The number of nitrogens with zero attached hydrogens (tertiary/aromatic N) is 3. The third kappa shape index (κ3) is 6.38. The summed E-state index contributed by atoms with van der Waals surface area (Å²) in [4.78, 5) is 29.4. The number of fused-ring (bicyclic) bond motifs is 1. The highest BCUT2D eigenvalue weighted by atomic mass is 32.1. The number of rotatable bonds is 7. The predicted octanol–water partition coefficient (Wildman–Crippen LogP) is 4.10.